The van der Waals surface area contributed by atoms with Crippen molar-refractivity contribution in [1.82, 2.24) is 4.90 Å². The lowest BCUT2D eigenvalue weighted by atomic mass is 10.1. The van der Waals surface area contributed by atoms with Gasteiger partial charge in [0.25, 0.3) is 0 Å². The second kappa shape index (κ2) is 5.69. The van der Waals surface area contributed by atoms with E-state index in [1.165, 1.54) is 0 Å². The highest BCUT2D eigenvalue weighted by atomic mass is 16.6. The van der Waals surface area contributed by atoms with Crippen molar-refractivity contribution in [3.8, 4) is 0 Å². The van der Waals surface area contributed by atoms with E-state index in [0.717, 1.165) is 0 Å². The maximum Gasteiger partial charge on any atom is 0.410 e. The first kappa shape index (κ1) is 14.3. The molecule has 1 rings (SSSR count). The van der Waals surface area contributed by atoms with E-state index in [1.807, 2.05) is 20.8 Å². The number of likely N-dealkylation sites (tertiary alicyclic amines) is 1. The minimum absolute atomic E-state index is 0.192. The molecule has 1 N–H and O–H groups in total. The summed E-state index contributed by atoms with van der Waals surface area (Å²) < 4.78 is 10.5. The van der Waals surface area contributed by atoms with Gasteiger partial charge in [-0.2, -0.15) is 0 Å². The van der Waals surface area contributed by atoms with Crippen molar-refractivity contribution < 1.29 is 19.4 Å². The smallest absolute Gasteiger partial charge is 0.410 e. The average molecular weight is 245 g/mol. The maximum absolute atomic E-state index is 11.8. The minimum Gasteiger partial charge on any atom is -0.444 e. The Bertz CT molecular complexity index is 262. The standard InChI is InChI=1S/C12H23NO4/c1-12(2,3)17-11(15)13-7-5-9(14)10(16-4)6-8-13/h9-10,14H,5-8H2,1-4H3. The summed E-state index contributed by atoms with van der Waals surface area (Å²) in [6, 6.07) is 0. The summed E-state index contributed by atoms with van der Waals surface area (Å²) in [5, 5.41) is 9.78. The molecule has 1 fully saturated rings. The lowest BCUT2D eigenvalue weighted by molar-refractivity contribution is -0.0123. The molecular weight excluding hydrogens is 222 g/mol. The van der Waals surface area contributed by atoms with Crippen LogP contribution >= 0.6 is 0 Å². The fourth-order valence-electron chi connectivity index (χ4n) is 1.85. The molecule has 0 radical (unpaired) electrons. The maximum atomic E-state index is 11.8. The number of hydrogen-bond donors (Lipinski definition) is 1. The van der Waals surface area contributed by atoms with E-state index in [2.05, 4.69) is 0 Å². The van der Waals surface area contributed by atoms with Crippen LogP contribution in [-0.2, 0) is 9.47 Å². The molecule has 0 bridgehead atoms. The topological polar surface area (TPSA) is 59.0 Å². The lowest BCUT2D eigenvalue weighted by Gasteiger charge is -2.26. The minimum atomic E-state index is -0.507. The van der Waals surface area contributed by atoms with Crippen molar-refractivity contribution in [1.29, 1.82) is 0 Å². The summed E-state index contributed by atoms with van der Waals surface area (Å²) in [7, 11) is 1.58. The Hall–Kier alpha value is -0.810. The third-order valence-electron chi connectivity index (χ3n) is 2.76. The fourth-order valence-corrected chi connectivity index (χ4v) is 1.85. The molecule has 0 saturated carbocycles. The molecule has 0 aromatic carbocycles. The molecule has 0 aromatic rings. The molecule has 1 heterocycles. The summed E-state index contributed by atoms with van der Waals surface area (Å²) in [6.07, 6.45) is 0.144. The first-order valence-electron chi connectivity index (χ1n) is 6.02. The average Bonchev–Trinajstić information content (AvgIpc) is 2.37. The van der Waals surface area contributed by atoms with E-state index < -0.39 is 11.7 Å². The molecule has 5 heteroatoms. The van der Waals surface area contributed by atoms with Gasteiger partial charge in [-0.25, -0.2) is 4.79 Å². The molecule has 1 aliphatic heterocycles. The number of hydrogen-bond acceptors (Lipinski definition) is 4. The number of amides is 1. The summed E-state index contributed by atoms with van der Waals surface area (Å²) in [6.45, 7) is 6.60. The van der Waals surface area contributed by atoms with Crippen LogP contribution in [0.3, 0.4) is 0 Å². The molecule has 2 unspecified atom stereocenters. The second-order valence-corrected chi connectivity index (χ2v) is 5.39. The zero-order valence-corrected chi connectivity index (χ0v) is 11.1. The van der Waals surface area contributed by atoms with Gasteiger partial charge in [0.1, 0.15) is 5.60 Å². The molecule has 1 saturated heterocycles. The number of rotatable bonds is 1. The van der Waals surface area contributed by atoms with E-state index in [4.69, 9.17) is 9.47 Å². The van der Waals surface area contributed by atoms with Gasteiger partial charge in [-0.3, -0.25) is 0 Å². The molecule has 1 amide bonds. The number of carbonyl (C=O) groups excluding carboxylic acids is 1. The first-order chi connectivity index (χ1) is 7.83. The summed E-state index contributed by atoms with van der Waals surface area (Å²) >= 11 is 0. The van der Waals surface area contributed by atoms with Crippen molar-refractivity contribution in [2.45, 2.75) is 51.4 Å². The van der Waals surface area contributed by atoms with Crippen LogP contribution in [0.4, 0.5) is 4.79 Å². The van der Waals surface area contributed by atoms with Crippen molar-refractivity contribution in [2.75, 3.05) is 20.2 Å². The van der Waals surface area contributed by atoms with Crippen LogP contribution in [0, 0.1) is 0 Å². The quantitative estimate of drug-likeness (QED) is 0.758. The Morgan fingerprint density at radius 2 is 1.88 bits per heavy atom. The number of aliphatic hydroxyl groups is 1. The summed E-state index contributed by atoms with van der Waals surface area (Å²) in [4.78, 5) is 13.5. The molecule has 5 nitrogen and oxygen atoms in total. The van der Waals surface area contributed by atoms with Crippen molar-refractivity contribution in [2.24, 2.45) is 0 Å². The van der Waals surface area contributed by atoms with Crippen LogP contribution in [0.2, 0.25) is 0 Å². The Balaban J connectivity index is 2.53. The number of methoxy groups -OCH3 is 1. The van der Waals surface area contributed by atoms with Gasteiger partial charge in [0.15, 0.2) is 0 Å². The Kier molecular flexibility index (Phi) is 4.77. The Morgan fingerprint density at radius 3 is 2.41 bits per heavy atom. The predicted molar refractivity (Wildman–Crippen MR) is 63.8 cm³/mol. The third kappa shape index (κ3) is 4.52. The SMILES string of the molecule is COC1CCN(C(=O)OC(C)(C)C)CCC1O. The zero-order chi connectivity index (χ0) is 13.1. The molecule has 2 atom stereocenters. The highest BCUT2D eigenvalue weighted by Gasteiger charge is 2.29. The number of ether oxygens (including phenoxy) is 2. The predicted octanol–water partition coefficient (Wildman–Crippen LogP) is 1.39. The van der Waals surface area contributed by atoms with E-state index >= 15 is 0 Å². The van der Waals surface area contributed by atoms with Gasteiger partial charge in [-0.05, 0) is 33.6 Å². The van der Waals surface area contributed by atoms with Gasteiger partial charge >= 0.3 is 6.09 Å². The van der Waals surface area contributed by atoms with Gasteiger partial charge < -0.3 is 19.5 Å². The van der Waals surface area contributed by atoms with E-state index in [1.54, 1.807) is 12.0 Å². The third-order valence-corrected chi connectivity index (χ3v) is 2.76. The molecule has 100 valence electrons. The van der Waals surface area contributed by atoms with E-state index in [9.17, 15) is 9.90 Å². The monoisotopic (exact) mass is 245 g/mol. The van der Waals surface area contributed by atoms with Gasteiger partial charge in [-0.1, -0.05) is 0 Å². The van der Waals surface area contributed by atoms with Gasteiger partial charge in [-0.15, -0.1) is 0 Å². The summed E-state index contributed by atoms with van der Waals surface area (Å²) in [5.74, 6) is 0. The fraction of sp³-hybridized carbons (Fsp3) is 0.917. The number of aliphatic hydroxyl groups excluding tert-OH is 1. The van der Waals surface area contributed by atoms with Gasteiger partial charge in [0, 0.05) is 20.2 Å². The van der Waals surface area contributed by atoms with Crippen LogP contribution in [0.5, 0.6) is 0 Å². The van der Waals surface area contributed by atoms with E-state index in [0.29, 0.717) is 25.9 Å². The van der Waals surface area contributed by atoms with Gasteiger partial charge in [0.2, 0.25) is 0 Å². The normalized spacial score (nSPS) is 26.5. The molecule has 1 aliphatic rings. The molecule has 0 aliphatic carbocycles. The highest BCUT2D eigenvalue weighted by Crippen LogP contribution is 2.17. The molecule has 0 spiro atoms. The van der Waals surface area contributed by atoms with Crippen molar-refractivity contribution >= 4 is 6.09 Å². The Morgan fingerprint density at radius 1 is 1.29 bits per heavy atom. The summed E-state index contributed by atoms with van der Waals surface area (Å²) in [5.41, 5.74) is -0.483. The number of carbonyl (C=O) groups is 1. The van der Waals surface area contributed by atoms with Crippen LogP contribution in [0.1, 0.15) is 33.6 Å². The highest BCUT2D eigenvalue weighted by molar-refractivity contribution is 5.68. The molecular formula is C12H23NO4. The van der Waals surface area contributed by atoms with Crippen molar-refractivity contribution in [3.63, 3.8) is 0 Å². The van der Waals surface area contributed by atoms with Crippen LogP contribution in [-0.4, -0.2) is 54.1 Å². The van der Waals surface area contributed by atoms with Gasteiger partial charge in [0.05, 0.1) is 12.2 Å². The number of nitrogens with zero attached hydrogens (tertiary/aromatic N) is 1. The zero-order valence-electron chi connectivity index (χ0n) is 11.1. The largest absolute Gasteiger partial charge is 0.444 e. The van der Waals surface area contributed by atoms with E-state index in [-0.39, 0.29) is 12.2 Å². The molecule has 17 heavy (non-hydrogen) atoms. The first-order valence-corrected chi connectivity index (χ1v) is 6.02. The Labute approximate surface area is 103 Å². The molecule has 0 aromatic heterocycles. The van der Waals surface area contributed by atoms with Crippen molar-refractivity contribution in [3.05, 3.63) is 0 Å². The lowest BCUT2D eigenvalue weighted by Crippen LogP contribution is -2.37. The second-order valence-electron chi connectivity index (χ2n) is 5.39. The van der Waals surface area contributed by atoms with Crippen LogP contribution in [0.25, 0.3) is 0 Å². The van der Waals surface area contributed by atoms with Crippen LogP contribution in [0.15, 0.2) is 0 Å². The van der Waals surface area contributed by atoms with Crippen LogP contribution < -0.4 is 0 Å².